The summed E-state index contributed by atoms with van der Waals surface area (Å²) in [4.78, 5) is 10.0. The molecule has 0 saturated heterocycles. The van der Waals surface area contributed by atoms with Gasteiger partial charge in [-0.1, -0.05) is 6.92 Å². The van der Waals surface area contributed by atoms with Gasteiger partial charge in [0.05, 0.1) is 5.69 Å². The fraction of sp³-hybridized carbons (Fsp3) is 0.333. The zero-order valence-electron chi connectivity index (χ0n) is 9.53. The average molecular weight is 233 g/mol. The van der Waals surface area contributed by atoms with E-state index in [1.54, 1.807) is 23.7 Å². The Morgan fingerprint density at radius 1 is 1.31 bits per heavy atom. The Labute approximate surface area is 99.6 Å². The molecule has 3 nitrogen and oxygen atoms in total. The number of pyridine rings is 1. The molecule has 0 unspecified atom stereocenters. The van der Waals surface area contributed by atoms with Crippen LogP contribution in [0.3, 0.4) is 0 Å². The van der Waals surface area contributed by atoms with Gasteiger partial charge in [-0.15, -0.1) is 11.3 Å². The van der Waals surface area contributed by atoms with Crippen molar-refractivity contribution in [2.75, 3.05) is 7.05 Å². The van der Waals surface area contributed by atoms with Gasteiger partial charge in [-0.05, 0) is 25.6 Å². The second-order valence-corrected chi connectivity index (χ2v) is 4.59. The molecule has 0 aliphatic rings. The van der Waals surface area contributed by atoms with Crippen LogP contribution >= 0.6 is 11.3 Å². The molecule has 4 heteroatoms. The molecule has 0 atom stereocenters. The lowest BCUT2D eigenvalue weighted by Gasteiger charge is -1.96. The van der Waals surface area contributed by atoms with Crippen molar-refractivity contribution in [2.24, 2.45) is 0 Å². The van der Waals surface area contributed by atoms with E-state index in [1.807, 2.05) is 19.2 Å². The van der Waals surface area contributed by atoms with Crippen LogP contribution in [-0.2, 0) is 13.0 Å². The maximum absolute atomic E-state index is 4.67. The fourth-order valence-corrected chi connectivity index (χ4v) is 2.74. The van der Waals surface area contributed by atoms with Crippen LogP contribution in [0.4, 0.5) is 0 Å². The van der Waals surface area contributed by atoms with Crippen LogP contribution in [0.15, 0.2) is 24.5 Å². The van der Waals surface area contributed by atoms with Crippen LogP contribution in [0.1, 0.15) is 17.5 Å². The lowest BCUT2D eigenvalue weighted by Crippen LogP contribution is -2.05. The second kappa shape index (κ2) is 5.18. The second-order valence-electron chi connectivity index (χ2n) is 3.51. The summed E-state index contributed by atoms with van der Waals surface area (Å²) in [7, 11) is 1.96. The summed E-state index contributed by atoms with van der Waals surface area (Å²) in [6.07, 6.45) is 4.60. The Morgan fingerprint density at radius 3 is 2.69 bits per heavy atom. The number of rotatable bonds is 4. The molecule has 0 spiro atoms. The van der Waals surface area contributed by atoms with Crippen molar-refractivity contribution in [3.8, 4) is 10.6 Å². The van der Waals surface area contributed by atoms with Gasteiger partial charge in [0.1, 0.15) is 5.01 Å². The van der Waals surface area contributed by atoms with Gasteiger partial charge in [0, 0.05) is 29.4 Å². The minimum Gasteiger partial charge on any atom is -0.315 e. The molecule has 0 fully saturated rings. The lowest BCUT2D eigenvalue weighted by atomic mass is 10.2. The molecule has 2 rings (SSSR count). The third-order valence-electron chi connectivity index (χ3n) is 2.38. The highest BCUT2D eigenvalue weighted by Gasteiger charge is 2.10. The summed E-state index contributed by atoms with van der Waals surface area (Å²) in [6, 6.07) is 4.00. The first-order valence-corrected chi connectivity index (χ1v) is 6.20. The van der Waals surface area contributed by atoms with Gasteiger partial charge >= 0.3 is 0 Å². The van der Waals surface area contributed by atoms with Gasteiger partial charge in [-0.3, -0.25) is 4.98 Å². The summed E-state index contributed by atoms with van der Waals surface area (Å²) in [5, 5.41) is 4.27. The monoisotopic (exact) mass is 233 g/mol. The molecule has 0 aliphatic heterocycles. The number of nitrogens with zero attached hydrogens (tertiary/aromatic N) is 2. The van der Waals surface area contributed by atoms with Gasteiger partial charge in [0.2, 0.25) is 0 Å². The van der Waals surface area contributed by atoms with Crippen LogP contribution in [-0.4, -0.2) is 17.0 Å². The van der Waals surface area contributed by atoms with Gasteiger partial charge in [0.25, 0.3) is 0 Å². The maximum Gasteiger partial charge on any atom is 0.124 e. The predicted molar refractivity (Wildman–Crippen MR) is 67.5 cm³/mol. The van der Waals surface area contributed by atoms with Gasteiger partial charge < -0.3 is 5.32 Å². The number of aryl methyl sites for hydroxylation is 1. The Balaban J connectivity index is 2.36. The third-order valence-corrected chi connectivity index (χ3v) is 3.52. The zero-order chi connectivity index (χ0) is 11.4. The first-order chi connectivity index (χ1) is 7.85. The molecule has 84 valence electrons. The average Bonchev–Trinajstić information content (AvgIpc) is 2.74. The number of thiazole rings is 1. The van der Waals surface area contributed by atoms with Crippen molar-refractivity contribution < 1.29 is 0 Å². The van der Waals surface area contributed by atoms with Crippen molar-refractivity contribution in [1.82, 2.24) is 15.3 Å². The predicted octanol–water partition coefficient (Wildman–Crippen LogP) is 2.49. The summed E-state index contributed by atoms with van der Waals surface area (Å²) < 4.78 is 0. The van der Waals surface area contributed by atoms with Crippen LogP contribution in [0.2, 0.25) is 0 Å². The SMILES string of the molecule is CCc1nc(-c2ccncc2)sc1CNC. The van der Waals surface area contributed by atoms with Gasteiger partial charge in [-0.2, -0.15) is 0 Å². The summed E-state index contributed by atoms with van der Waals surface area (Å²) in [6.45, 7) is 3.04. The summed E-state index contributed by atoms with van der Waals surface area (Å²) >= 11 is 1.76. The molecule has 0 bridgehead atoms. The first kappa shape index (κ1) is 11.2. The third kappa shape index (κ3) is 2.28. The van der Waals surface area contributed by atoms with Gasteiger partial charge in [-0.25, -0.2) is 4.98 Å². The van der Waals surface area contributed by atoms with Crippen molar-refractivity contribution in [3.63, 3.8) is 0 Å². The molecule has 0 aromatic carbocycles. The van der Waals surface area contributed by atoms with E-state index in [4.69, 9.17) is 0 Å². The van der Waals surface area contributed by atoms with Crippen molar-refractivity contribution in [2.45, 2.75) is 19.9 Å². The molecule has 2 heterocycles. The summed E-state index contributed by atoms with van der Waals surface area (Å²) in [5.74, 6) is 0. The number of hydrogen-bond donors (Lipinski definition) is 1. The zero-order valence-corrected chi connectivity index (χ0v) is 10.3. The minimum atomic E-state index is 0.895. The van der Waals surface area contributed by atoms with Crippen molar-refractivity contribution in [1.29, 1.82) is 0 Å². The fourth-order valence-electron chi connectivity index (χ4n) is 1.58. The molecule has 0 saturated carbocycles. The Bertz CT molecular complexity index is 451. The van der Waals surface area contributed by atoms with E-state index in [9.17, 15) is 0 Å². The van der Waals surface area contributed by atoms with E-state index in [0.29, 0.717) is 0 Å². The van der Waals surface area contributed by atoms with Crippen LogP contribution in [0.25, 0.3) is 10.6 Å². The molecule has 2 aromatic heterocycles. The van der Waals surface area contributed by atoms with E-state index in [0.717, 1.165) is 23.5 Å². The maximum atomic E-state index is 4.67. The highest BCUT2D eigenvalue weighted by Crippen LogP contribution is 2.27. The molecule has 2 aromatic rings. The highest BCUT2D eigenvalue weighted by atomic mass is 32.1. The highest BCUT2D eigenvalue weighted by molar-refractivity contribution is 7.15. The molecule has 0 radical (unpaired) electrons. The van der Waals surface area contributed by atoms with Crippen LogP contribution < -0.4 is 5.32 Å². The van der Waals surface area contributed by atoms with E-state index < -0.39 is 0 Å². The van der Waals surface area contributed by atoms with E-state index in [2.05, 4.69) is 22.2 Å². The van der Waals surface area contributed by atoms with E-state index >= 15 is 0 Å². The Morgan fingerprint density at radius 2 is 2.06 bits per heavy atom. The smallest absolute Gasteiger partial charge is 0.124 e. The van der Waals surface area contributed by atoms with Crippen LogP contribution in [0, 0.1) is 0 Å². The van der Waals surface area contributed by atoms with Gasteiger partial charge in [0.15, 0.2) is 0 Å². The number of hydrogen-bond acceptors (Lipinski definition) is 4. The number of nitrogens with one attached hydrogen (secondary N) is 1. The standard InChI is InChI=1S/C12H15N3S/c1-3-10-11(8-13-2)16-12(15-10)9-4-6-14-7-5-9/h4-7,13H,3,8H2,1-2H3. The van der Waals surface area contributed by atoms with Crippen molar-refractivity contribution >= 4 is 11.3 Å². The van der Waals surface area contributed by atoms with E-state index in [1.165, 1.54) is 10.6 Å². The Hall–Kier alpha value is -1.26. The molecule has 16 heavy (non-hydrogen) atoms. The van der Waals surface area contributed by atoms with Crippen molar-refractivity contribution in [3.05, 3.63) is 35.1 Å². The quantitative estimate of drug-likeness (QED) is 0.881. The molecular weight excluding hydrogens is 218 g/mol. The number of aromatic nitrogens is 2. The Kier molecular flexibility index (Phi) is 3.64. The van der Waals surface area contributed by atoms with E-state index in [-0.39, 0.29) is 0 Å². The normalized spacial score (nSPS) is 10.6. The first-order valence-electron chi connectivity index (χ1n) is 5.38. The molecule has 1 N–H and O–H groups in total. The molecular formula is C12H15N3S. The largest absolute Gasteiger partial charge is 0.315 e. The minimum absolute atomic E-state index is 0.895. The molecule has 0 aliphatic carbocycles. The molecule has 0 amide bonds. The van der Waals surface area contributed by atoms with Crippen LogP contribution in [0.5, 0.6) is 0 Å². The lowest BCUT2D eigenvalue weighted by molar-refractivity contribution is 0.815. The topological polar surface area (TPSA) is 37.8 Å². The summed E-state index contributed by atoms with van der Waals surface area (Å²) in [5.41, 5.74) is 2.35.